The lowest BCUT2D eigenvalue weighted by atomic mass is 9.95. The number of aromatic nitrogens is 1. The number of morpholine rings is 1. The van der Waals surface area contributed by atoms with Crippen LogP contribution in [0.5, 0.6) is 0 Å². The number of nitrogens with zero attached hydrogens (tertiary/aromatic N) is 4. The summed E-state index contributed by atoms with van der Waals surface area (Å²) >= 11 is 12.6. The molecular weight excluding hydrogens is 361 g/mol. The Kier molecular flexibility index (Phi) is 4.96. The predicted molar refractivity (Wildman–Crippen MR) is 96.6 cm³/mol. The van der Waals surface area contributed by atoms with Crippen LogP contribution < -0.4 is 10.6 Å². The Morgan fingerprint density at radius 3 is 2.20 bits per heavy atom. The molecule has 0 amide bonds. The molecule has 1 fully saturated rings. The third kappa shape index (κ3) is 3.08. The van der Waals surface area contributed by atoms with Gasteiger partial charge < -0.3 is 15.4 Å². The lowest BCUT2D eigenvalue weighted by Gasteiger charge is -2.29. The summed E-state index contributed by atoms with van der Waals surface area (Å²) in [7, 11) is 0. The van der Waals surface area contributed by atoms with E-state index in [1.54, 1.807) is 18.2 Å². The number of nitrogens with two attached hydrogens (primary N) is 1. The van der Waals surface area contributed by atoms with Crippen molar-refractivity contribution in [2.24, 2.45) is 0 Å². The van der Waals surface area contributed by atoms with Gasteiger partial charge in [-0.25, -0.2) is 4.98 Å². The molecule has 0 atom stereocenters. The summed E-state index contributed by atoms with van der Waals surface area (Å²) in [6.07, 6.45) is 0. The maximum Gasteiger partial charge on any atom is 0.149 e. The number of nitrogen functional groups attached to an aromatic ring is 1. The number of hydrogen-bond acceptors (Lipinski definition) is 6. The molecular formula is C17H13Cl2N5O. The van der Waals surface area contributed by atoms with Gasteiger partial charge in [0.25, 0.3) is 0 Å². The van der Waals surface area contributed by atoms with Crippen LogP contribution >= 0.6 is 23.2 Å². The molecule has 0 unspecified atom stereocenters. The standard InChI is InChI=1S/C17H13Cl2N5O/c18-12-2-1-3-13(19)15(12)14-10(8-20)16(22)23-17(11(14)9-21)24-4-6-25-7-5-24/h1-3H,4-7H2,(H2,22,23). The number of halogens is 2. The van der Waals surface area contributed by atoms with Crippen molar-refractivity contribution in [3.63, 3.8) is 0 Å². The molecule has 1 aromatic heterocycles. The van der Waals surface area contributed by atoms with Crippen LogP contribution in [-0.4, -0.2) is 31.3 Å². The van der Waals surface area contributed by atoms with Crippen molar-refractivity contribution in [1.82, 2.24) is 4.98 Å². The van der Waals surface area contributed by atoms with Crippen molar-refractivity contribution < 1.29 is 4.74 Å². The lowest BCUT2D eigenvalue weighted by molar-refractivity contribution is 0.122. The highest BCUT2D eigenvalue weighted by molar-refractivity contribution is 6.39. The number of anilines is 2. The fourth-order valence-electron chi connectivity index (χ4n) is 2.80. The fourth-order valence-corrected chi connectivity index (χ4v) is 3.39. The second kappa shape index (κ2) is 7.16. The van der Waals surface area contributed by atoms with Crippen LogP contribution in [0, 0.1) is 22.7 Å². The minimum absolute atomic E-state index is 0.0361. The molecule has 0 saturated carbocycles. The molecule has 8 heteroatoms. The summed E-state index contributed by atoms with van der Waals surface area (Å²) in [6.45, 7) is 2.19. The summed E-state index contributed by atoms with van der Waals surface area (Å²) in [5, 5.41) is 20.0. The molecule has 126 valence electrons. The van der Waals surface area contributed by atoms with E-state index in [-0.39, 0.29) is 16.9 Å². The zero-order valence-electron chi connectivity index (χ0n) is 13.1. The number of benzene rings is 1. The Labute approximate surface area is 154 Å². The number of nitriles is 2. The van der Waals surface area contributed by atoms with Crippen molar-refractivity contribution in [2.75, 3.05) is 36.9 Å². The average Bonchev–Trinajstić information content (AvgIpc) is 2.62. The summed E-state index contributed by atoms with van der Waals surface area (Å²) in [6, 6.07) is 9.16. The molecule has 2 aromatic rings. The molecule has 0 spiro atoms. The number of ether oxygens (including phenoxy) is 1. The first-order chi connectivity index (χ1) is 12.1. The van der Waals surface area contributed by atoms with E-state index in [1.165, 1.54) is 0 Å². The number of pyridine rings is 1. The van der Waals surface area contributed by atoms with Crippen molar-refractivity contribution in [1.29, 1.82) is 10.5 Å². The third-order valence-corrected chi connectivity index (χ3v) is 4.58. The zero-order chi connectivity index (χ0) is 18.0. The lowest BCUT2D eigenvalue weighted by Crippen LogP contribution is -2.37. The molecule has 25 heavy (non-hydrogen) atoms. The molecule has 0 radical (unpaired) electrons. The van der Waals surface area contributed by atoms with E-state index in [0.717, 1.165) is 0 Å². The molecule has 1 aliphatic rings. The third-order valence-electron chi connectivity index (χ3n) is 3.95. The van der Waals surface area contributed by atoms with Crippen molar-refractivity contribution in [3.05, 3.63) is 39.4 Å². The molecule has 1 saturated heterocycles. The zero-order valence-corrected chi connectivity index (χ0v) is 14.6. The first kappa shape index (κ1) is 17.3. The number of rotatable bonds is 2. The van der Waals surface area contributed by atoms with Gasteiger partial charge >= 0.3 is 0 Å². The second-order valence-electron chi connectivity index (χ2n) is 5.37. The average molecular weight is 374 g/mol. The van der Waals surface area contributed by atoms with E-state index in [0.29, 0.717) is 53.3 Å². The first-order valence-corrected chi connectivity index (χ1v) is 8.24. The first-order valence-electron chi connectivity index (χ1n) is 7.49. The van der Waals surface area contributed by atoms with Gasteiger partial charge in [-0.05, 0) is 12.1 Å². The van der Waals surface area contributed by atoms with E-state index >= 15 is 0 Å². The molecule has 1 aromatic carbocycles. The Morgan fingerprint density at radius 1 is 1.04 bits per heavy atom. The second-order valence-corrected chi connectivity index (χ2v) is 6.18. The van der Waals surface area contributed by atoms with Gasteiger partial charge in [0.1, 0.15) is 34.9 Å². The Morgan fingerprint density at radius 2 is 1.64 bits per heavy atom. The minimum Gasteiger partial charge on any atom is -0.383 e. The van der Waals surface area contributed by atoms with Gasteiger partial charge in [-0.2, -0.15) is 10.5 Å². The fraction of sp³-hybridized carbons (Fsp3) is 0.235. The molecule has 2 heterocycles. The highest BCUT2D eigenvalue weighted by Crippen LogP contribution is 2.42. The van der Waals surface area contributed by atoms with Crippen LogP contribution in [0.2, 0.25) is 10.0 Å². The van der Waals surface area contributed by atoms with Crippen LogP contribution in [0.3, 0.4) is 0 Å². The maximum atomic E-state index is 9.80. The van der Waals surface area contributed by atoms with Gasteiger partial charge in [0.05, 0.1) is 13.2 Å². The smallest absolute Gasteiger partial charge is 0.149 e. The van der Waals surface area contributed by atoms with Crippen LogP contribution in [0.25, 0.3) is 11.1 Å². The summed E-state index contributed by atoms with van der Waals surface area (Å²) < 4.78 is 5.34. The minimum atomic E-state index is 0.0361. The van der Waals surface area contributed by atoms with Gasteiger partial charge in [0, 0.05) is 34.3 Å². The van der Waals surface area contributed by atoms with Crippen LogP contribution in [-0.2, 0) is 4.74 Å². The maximum absolute atomic E-state index is 9.80. The van der Waals surface area contributed by atoms with Crippen LogP contribution in [0.4, 0.5) is 11.6 Å². The highest BCUT2D eigenvalue weighted by atomic mass is 35.5. The molecule has 3 rings (SSSR count). The van der Waals surface area contributed by atoms with Gasteiger partial charge in [-0.1, -0.05) is 29.3 Å². The van der Waals surface area contributed by atoms with Crippen LogP contribution in [0.1, 0.15) is 11.1 Å². The summed E-state index contributed by atoms with van der Waals surface area (Å²) in [5.74, 6) is 0.447. The van der Waals surface area contributed by atoms with Gasteiger partial charge in [0.2, 0.25) is 0 Å². The normalized spacial score (nSPS) is 14.0. The Hall–Kier alpha value is -2.51. The predicted octanol–water partition coefficient (Wildman–Crippen LogP) is 3.22. The molecule has 0 aliphatic carbocycles. The molecule has 1 aliphatic heterocycles. The van der Waals surface area contributed by atoms with E-state index in [4.69, 9.17) is 33.7 Å². The Bertz CT molecular complexity index is 890. The van der Waals surface area contributed by atoms with E-state index < -0.39 is 0 Å². The topological polar surface area (TPSA) is 99.0 Å². The highest BCUT2D eigenvalue weighted by Gasteiger charge is 2.26. The summed E-state index contributed by atoms with van der Waals surface area (Å²) in [5.41, 5.74) is 7.04. The Balaban J connectivity index is 2.35. The molecule has 0 bridgehead atoms. The number of hydrogen-bond donors (Lipinski definition) is 1. The molecule has 2 N–H and O–H groups in total. The summed E-state index contributed by atoms with van der Waals surface area (Å²) in [4.78, 5) is 6.21. The van der Waals surface area contributed by atoms with Gasteiger partial charge in [-0.15, -0.1) is 0 Å². The van der Waals surface area contributed by atoms with Crippen LogP contribution in [0.15, 0.2) is 18.2 Å². The van der Waals surface area contributed by atoms with Gasteiger partial charge in [-0.3, -0.25) is 0 Å². The van der Waals surface area contributed by atoms with E-state index in [1.807, 2.05) is 11.0 Å². The van der Waals surface area contributed by atoms with Crippen molar-refractivity contribution >= 4 is 34.8 Å². The quantitative estimate of drug-likeness (QED) is 0.867. The van der Waals surface area contributed by atoms with E-state index in [9.17, 15) is 10.5 Å². The van der Waals surface area contributed by atoms with Crippen molar-refractivity contribution in [3.8, 4) is 23.3 Å². The SMILES string of the molecule is N#Cc1c(N)nc(N2CCOCC2)c(C#N)c1-c1c(Cl)cccc1Cl. The van der Waals surface area contributed by atoms with E-state index in [2.05, 4.69) is 11.1 Å². The monoisotopic (exact) mass is 373 g/mol. The van der Waals surface area contributed by atoms with Crippen molar-refractivity contribution in [2.45, 2.75) is 0 Å². The molecule has 6 nitrogen and oxygen atoms in total. The largest absolute Gasteiger partial charge is 0.383 e. The van der Waals surface area contributed by atoms with Gasteiger partial charge in [0.15, 0.2) is 0 Å².